The predicted octanol–water partition coefficient (Wildman–Crippen LogP) is 17.5. The highest BCUT2D eigenvalue weighted by molar-refractivity contribution is 7.27. The Morgan fingerprint density at radius 2 is 0.879 bits per heavy atom. The van der Waals surface area contributed by atoms with Crippen LogP contribution in [-0.2, 0) is 10.8 Å². The molecule has 1 spiro atoms. The van der Waals surface area contributed by atoms with Crippen LogP contribution in [0.2, 0.25) is 0 Å². The van der Waals surface area contributed by atoms with E-state index < -0.39 is 5.41 Å². The van der Waals surface area contributed by atoms with Gasteiger partial charge in [0, 0.05) is 48.1 Å². The maximum Gasteiger partial charge on any atom is 0.0726 e. The minimum atomic E-state index is -0.514. The molecule has 0 fully saturated rings. The van der Waals surface area contributed by atoms with E-state index in [1.807, 2.05) is 11.3 Å². The van der Waals surface area contributed by atoms with Gasteiger partial charge in [0.2, 0.25) is 0 Å². The molecule has 0 amide bonds. The molecule has 1 unspecified atom stereocenters. The SMILES string of the molecule is CC1(C)c2ccccc2-c2ccc(N(c3cccc(-c4ccccc4)c3)c3cccc4c3-c3ccccc3C43c4ccccc4-c4c3ccc3c4sc4c(-c5ccccc5)cccc43)cc21. The summed E-state index contributed by atoms with van der Waals surface area (Å²) in [5.41, 5.74) is 23.8. The number of benzene rings is 10. The summed E-state index contributed by atoms with van der Waals surface area (Å²) in [5.74, 6) is 0. The summed E-state index contributed by atoms with van der Waals surface area (Å²) < 4.78 is 2.70. The van der Waals surface area contributed by atoms with Gasteiger partial charge in [-0.2, -0.15) is 0 Å². The van der Waals surface area contributed by atoms with Crippen molar-refractivity contribution >= 4 is 48.6 Å². The van der Waals surface area contributed by atoms with E-state index in [2.05, 4.69) is 243 Å². The Labute approximate surface area is 389 Å². The Bertz CT molecular complexity index is 3800. The first-order valence-electron chi connectivity index (χ1n) is 23.1. The number of hydrogen-bond acceptors (Lipinski definition) is 2. The van der Waals surface area contributed by atoms with Crippen molar-refractivity contribution in [3.05, 3.63) is 258 Å². The maximum atomic E-state index is 2.54. The molecule has 0 saturated heterocycles. The third-order valence-electron chi connectivity index (χ3n) is 15.1. The third kappa shape index (κ3) is 5.00. The quantitative estimate of drug-likeness (QED) is 0.167. The van der Waals surface area contributed by atoms with Crippen molar-refractivity contribution in [2.75, 3.05) is 4.90 Å². The van der Waals surface area contributed by atoms with Crippen molar-refractivity contribution in [2.24, 2.45) is 0 Å². The van der Waals surface area contributed by atoms with Gasteiger partial charge in [0.05, 0.1) is 11.1 Å². The molecule has 14 rings (SSSR count). The zero-order chi connectivity index (χ0) is 43.7. The van der Waals surface area contributed by atoms with Crippen LogP contribution >= 0.6 is 11.3 Å². The van der Waals surface area contributed by atoms with E-state index in [1.54, 1.807) is 0 Å². The number of thiophene rings is 1. The first-order valence-corrected chi connectivity index (χ1v) is 23.9. The molecule has 66 heavy (non-hydrogen) atoms. The number of nitrogens with zero attached hydrogens (tertiary/aromatic N) is 1. The molecule has 0 saturated carbocycles. The lowest BCUT2D eigenvalue weighted by Crippen LogP contribution is -2.26. The average Bonchev–Trinajstić information content (AvgIpc) is 4.07. The van der Waals surface area contributed by atoms with Gasteiger partial charge >= 0.3 is 0 Å². The van der Waals surface area contributed by atoms with Crippen molar-refractivity contribution in [2.45, 2.75) is 24.7 Å². The van der Waals surface area contributed by atoms with Gasteiger partial charge in [0.15, 0.2) is 0 Å². The van der Waals surface area contributed by atoms with E-state index in [1.165, 1.54) is 115 Å². The summed E-state index contributed by atoms with van der Waals surface area (Å²) >= 11 is 1.96. The van der Waals surface area contributed by atoms with E-state index in [0.717, 1.165) is 11.4 Å². The molecule has 0 radical (unpaired) electrons. The first kappa shape index (κ1) is 37.6. The molecule has 3 aliphatic carbocycles. The van der Waals surface area contributed by atoms with Crippen molar-refractivity contribution in [3.63, 3.8) is 0 Å². The number of fused-ring (bicyclic) bond motifs is 17. The van der Waals surface area contributed by atoms with Crippen LogP contribution in [0.25, 0.3) is 75.8 Å². The van der Waals surface area contributed by atoms with Gasteiger partial charge in [-0.1, -0.05) is 208 Å². The molecule has 10 aromatic carbocycles. The van der Waals surface area contributed by atoms with Crippen LogP contribution in [0, 0.1) is 0 Å². The minimum absolute atomic E-state index is 0.147. The Morgan fingerprint density at radius 1 is 0.333 bits per heavy atom. The molecule has 0 N–H and O–H groups in total. The van der Waals surface area contributed by atoms with E-state index in [9.17, 15) is 0 Å². The highest BCUT2D eigenvalue weighted by Gasteiger charge is 2.53. The topological polar surface area (TPSA) is 3.24 Å². The predicted molar refractivity (Wildman–Crippen MR) is 279 cm³/mol. The minimum Gasteiger partial charge on any atom is -0.310 e. The van der Waals surface area contributed by atoms with Crippen molar-refractivity contribution < 1.29 is 0 Å². The molecule has 310 valence electrons. The second kappa shape index (κ2) is 13.9. The van der Waals surface area contributed by atoms with Crippen molar-refractivity contribution in [1.82, 2.24) is 0 Å². The first-order chi connectivity index (χ1) is 32.5. The lowest BCUT2D eigenvalue weighted by molar-refractivity contribution is 0.660. The fourth-order valence-corrected chi connectivity index (χ4v) is 13.6. The largest absolute Gasteiger partial charge is 0.310 e. The highest BCUT2D eigenvalue weighted by atomic mass is 32.1. The highest BCUT2D eigenvalue weighted by Crippen LogP contribution is 2.66. The van der Waals surface area contributed by atoms with Gasteiger partial charge in [-0.05, 0) is 108 Å². The molecule has 0 bridgehead atoms. The molecular formula is C64H43NS. The van der Waals surface area contributed by atoms with Crippen LogP contribution < -0.4 is 4.90 Å². The lowest BCUT2D eigenvalue weighted by Gasteiger charge is -2.32. The molecule has 1 atom stereocenters. The van der Waals surface area contributed by atoms with Crippen LogP contribution in [0.15, 0.2) is 224 Å². The molecule has 3 aliphatic rings. The Kier molecular flexibility index (Phi) is 7.89. The molecule has 1 aromatic heterocycles. The van der Waals surface area contributed by atoms with Gasteiger partial charge in [-0.3, -0.25) is 0 Å². The summed E-state index contributed by atoms with van der Waals surface area (Å²) in [4.78, 5) is 2.54. The average molecular weight is 858 g/mol. The van der Waals surface area contributed by atoms with Crippen LogP contribution in [-0.4, -0.2) is 0 Å². The van der Waals surface area contributed by atoms with Gasteiger partial charge < -0.3 is 4.90 Å². The van der Waals surface area contributed by atoms with Crippen LogP contribution in [0.5, 0.6) is 0 Å². The third-order valence-corrected chi connectivity index (χ3v) is 16.4. The van der Waals surface area contributed by atoms with Gasteiger partial charge in [0.25, 0.3) is 0 Å². The van der Waals surface area contributed by atoms with E-state index in [4.69, 9.17) is 0 Å². The lowest BCUT2D eigenvalue weighted by atomic mass is 9.70. The molecule has 1 nitrogen and oxygen atoms in total. The van der Waals surface area contributed by atoms with E-state index >= 15 is 0 Å². The Balaban J connectivity index is 1.04. The van der Waals surface area contributed by atoms with Crippen LogP contribution in [0.1, 0.15) is 47.2 Å². The second-order valence-corrected chi connectivity index (χ2v) is 19.7. The zero-order valence-electron chi connectivity index (χ0n) is 36.7. The van der Waals surface area contributed by atoms with E-state index in [-0.39, 0.29) is 5.41 Å². The monoisotopic (exact) mass is 857 g/mol. The molecule has 1 heterocycles. The normalized spacial score (nSPS) is 15.6. The molecule has 11 aromatic rings. The molecule has 0 aliphatic heterocycles. The fraction of sp³-hybridized carbons (Fsp3) is 0.0625. The van der Waals surface area contributed by atoms with Gasteiger partial charge in [0.1, 0.15) is 0 Å². The summed E-state index contributed by atoms with van der Waals surface area (Å²) in [6.07, 6.45) is 0. The van der Waals surface area contributed by atoms with Crippen molar-refractivity contribution in [3.8, 4) is 55.6 Å². The van der Waals surface area contributed by atoms with Crippen molar-refractivity contribution in [1.29, 1.82) is 0 Å². The number of anilines is 3. The van der Waals surface area contributed by atoms with Gasteiger partial charge in [-0.15, -0.1) is 11.3 Å². The standard InChI is InChI=1S/C64H43NS/c1-63(2)52-29-12-9-24-46(52)47-35-34-44(39-57(47)63)65(43-23-15-22-42(38-43)40-18-5-3-6-19-40)58-33-17-32-55-59(58)50-25-10-13-30-53(50)64(55)54-31-14-11-26-51(54)60-56(64)37-36-49-48-28-16-27-45(61(48)66-62(49)60)41-20-7-4-8-21-41/h3-39H,1-2H3. The zero-order valence-corrected chi connectivity index (χ0v) is 37.5. The summed E-state index contributed by atoms with van der Waals surface area (Å²) in [7, 11) is 0. The second-order valence-electron chi connectivity index (χ2n) is 18.7. The van der Waals surface area contributed by atoms with Gasteiger partial charge in [-0.25, -0.2) is 0 Å². The fourth-order valence-electron chi connectivity index (χ4n) is 12.2. The van der Waals surface area contributed by atoms with Crippen LogP contribution in [0.4, 0.5) is 17.1 Å². The smallest absolute Gasteiger partial charge is 0.0726 e. The molecule has 2 heteroatoms. The summed E-state index contributed by atoms with van der Waals surface area (Å²) in [6, 6.07) is 84.3. The Morgan fingerprint density at radius 3 is 1.65 bits per heavy atom. The molecular weight excluding hydrogens is 815 g/mol. The summed E-state index contributed by atoms with van der Waals surface area (Å²) in [5, 5.41) is 2.64. The summed E-state index contributed by atoms with van der Waals surface area (Å²) in [6.45, 7) is 4.76. The van der Waals surface area contributed by atoms with E-state index in [0.29, 0.717) is 0 Å². The van der Waals surface area contributed by atoms with Crippen LogP contribution in [0.3, 0.4) is 0 Å². The number of rotatable bonds is 5. The Hall–Kier alpha value is -7.78. The number of hydrogen-bond donors (Lipinski definition) is 0. The maximum absolute atomic E-state index is 2.54.